The number of ketones is 1. The van der Waals surface area contributed by atoms with Crippen LogP contribution in [-0.2, 0) is 0 Å². The minimum Gasteiger partial charge on any atom is -0.504 e. The second kappa shape index (κ2) is 3.93. The number of hydrogen-bond donors (Lipinski definition) is 1. The van der Waals surface area contributed by atoms with E-state index in [9.17, 15) is 9.90 Å². The Morgan fingerprint density at radius 2 is 2.27 bits per heavy atom. The van der Waals surface area contributed by atoms with Gasteiger partial charge >= 0.3 is 0 Å². The first-order valence-corrected chi connectivity index (χ1v) is 5.14. The zero-order chi connectivity index (χ0) is 10.8. The lowest BCUT2D eigenvalue weighted by atomic mass is 10.1. The molecule has 0 heterocycles. The highest BCUT2D eigenvalue weighted by Gasteiger charge is 2.23. The van der Waals surface area contributed by atoms with E-state index in [1.807, 2.05) is 0 Å². The van der Waals surface area contributed by atoms with Crippen LogP contribution in [0.25, 0.3) is 0 Å². The van der Waals surface area contributed by atoms with Crippen LogP contribution in [0.2, 0.25) is 0 Å². The molecule has 0 amide bonds. The standard InChI is InChI=1S/C12H14O3/c1-8(13)10-3-2-4-11(14)12(10)15-7-9-5-6-9/h2-4,9,14H,5-7H2,1H3. The molecular weight excluding hydrogens is 192 g/mol. The Morgan fingerprint density at radius 3 is 2.87 bits per heavy atom. The lowest BCUT2D eigenvalue weighted by molar-refractivity contribution is 0.101. The summed E-state index contributed by atoms with van der Waals surface area (Å²) < 4.78 is 5.48. The van der Waals surface area contributed by atoms with Crippen molar-refractivity contribution < 1.29 is 14.6 Å². The minimum absolute atomic E-state index is 0.0448. The van der Waals surface area contributed by atoms with Gasteiger partial charge in [-0.05, 0) is 37.8 Å². The van der Waals surface area contributed by atoms with Crippen LogP contribution in [0.3, 0.4) is 0 Å². The molecule has 15 heavy (non-hydrogen) atoms. The predicted molar refractivity (Wildman–Crippen MR) is 56.3 cm³/mol. The summed E-state index contributed by atoms with van der Waals surface area (Å²) >= 11 is 0. The van der Waals surface area contributed by atoms with Crippen molar-refractivity contribution in [2.24, 2.45) is 5.92 Å². The van der Waals surface area contributed by atoms with E-state index in [4.69, 9.17) is 4.74 Å². The molecule has 0 bridgehead atoms. The summed E-state index contributed by atoms with van der Waals surface area (Å²) in [6, 6.07) is 4.86. The predicted octanol–water partition coefficient (Wildman–Crippen LogP) is 2.38. The van der Waals surface area contributed by atoms with Crippen LogP contribution in [0.5, 0.6) is 11.5 Å². The van der Waals surface area contributed by atoms with Gasteiger partial charge in [-0.3, -0.25) is 4.79 Å². The SMILES string of the molecule is CC(=O)c1cccc(O)c1OCC1CC1. The molecule has 3 nitrogen and oxygen atoms in total. The highest BCUT2D eigenvalue weighted by atomic mass is 16.5. The zero-order valence-electron chi connectivity index (χ0n) is 8.69. The van der Waals surface area contributed by atoms with E-state index in [2.05, 4.69) is 0 Å². The fraction of sp³-hybridized carbons (Fsp3) is 0.417. The maximum absolute atomic E-state index is 11.3. The molecule has 1 N–H and O–H groups in total. The normalized spacial score (nSPS) is 15.0. The molecule has 0 radical (unpaired) electrons. The molecular formula is C12H14O3. The molecule has 2 rings (SSSR count). The van der Waals surface area contributed by atoms with Crippen molar-refractivity contribution in [3.63, 3.8) is 0 Å². The molecule has 3 heteroatoms. The van der Waals surface area contributed by atoms with Gasteiger partial charge in [-0.25, -0.2) is 0 Å². The lowest BCUT2D eigenvalue weighted by Crippen LogP contribution is -2.04. The Hall–Kier alpha value is -1.51. The number of phenolic OH excluding ortho intramolecular Hbond substituents is 1. The van der Waals surface area contributed by atoms with E-state index in [-0.39, 0.29) is 11.5 Å². The average molecular weight is 206 g/mol. The molecule has 0 atom stereocenters. The van der Waals surface area contributed by atoms with E-state index < -0.39 is 0 Å². The monoisotopic (exact) mass is 206 g/mol. The molecule has 1 aliphatic rings. The summed E-state index contributed by atoms with van der Waals surface area (Å²) in [4.78, 5) is 11.3. The van der Waals surface area contributed by atoms with Gasteiger partial charge in [0.2, 0.25) is 0 Å². The first-order valence-electron chi connectivity index (χ1n) is 5.14. The fourth-order valence-electron chi connectivity index (χ4n) is 1.44. The van der Waals surface area contributed by atoms with Gasteiger partial charge in [0.25, 0.3) is 0 Å². The van der Waals surface area contributed by atoms with Gasteiger partial charge in [0.05, 0.1) is 12.2 Å². The van der Waals surface area contributed by atoms with Gasteiger partial charge in [-0.15, -0.1) is 0 Å². The molecule has 1 aromatic rings. The quantitative estimate of drug-likeness (QED) is 0.769. The number of ether oxygens (including phenoxy) is 1. The number of carbonyl (C=O) groups is 1. The van der Waals surface area contributed by atoms with Crippen LogP contribution in [-0.4, -0.2) is 17.5 Å². The molecule has 0 unspecified atom stereocenters. The zero-order valence-corrected chi connectivity index (χ0v) is 8.69. The Bertz CT molecular complexity index is 380. The van der Waals surface area contributed by atoms with E-state index in [1.165, 1.54) is 25.8 Å². The second-order valence-electron chi connectivity index (χ2n) is 3.96. The number of hydrogen-bond acceptors (Lipinski definition) is 3. The van der Waals surface area contributed by atoms with Gasteiger partial charge in [0.15, 0.2) is 17.3 Å². The number of aromatic hydroxyl groups is 1. The van der Waals surface area contributed by atoms with Crippen molar-refractivity contribution in [3.05, 3.63) is 23.8 Å². The summed E-state index contributed by atoms with van der Waals surface area (Å²) in [5.41, 5.74) is 0.454. The van der Waals surface area contributed by atoms with Gasteiger partial charge in [0, 0.05) is 0 Å². The van der Waals surface area contributed by atoms with E-state index in [0.717, 1.165) is 0 Å². The molecule has 0 spiro atoms. The number of rotatable bonds is 4. The Labute approximate surface area is 88.7 Å². The van der Waals surface area contributed by atoms with Crippen molar-refractivity contribution >= 4 is 5.78 Å². The molecule has 0 aromatic heterocycles. The third kappa shape index (κ3) is 2.29. The largest absolute Gasteiger partial charge is 0.504 e. The van der Waals surface area contributed by atoms with Crippen molar-refractivity contribution in [1.29, 1.82) is 0 Å². The van der Waals surface area contributed by atoms with Crippen molar-refractivity contribution in [3.8, 4) is 11.5 Å². The number of carbonyl (C=O) groups excluding carboxylic acids is 1. The first kappa shape index (κ1) is 10.0. The maximum atomic E-state index is 11.3. The van der Waals surface area contributed by atoms with Crippen LogP contribution >= 0.6 is 0 Å². The fourth-order valence-corrected chi connectivity index (χ4v) is 1.44. The highest BCUT2D eigenvalue weighted by Crippen LogP contribution is 2.34. The number of Topliss-reactive ketones (excluding diaryl/α,β-unsaturated/α-hetero) is 1. The molecule has 0 saturated heterocycles. The van der Waals surface area contributed by atoms with Crippen LogP contribution in [0.15, 0.2) is 18.2 Å². The van der Waals surface area contributed by atoms with Gasteiger partial charge < -0.3 is 9.84 Å². The van der Waals surface area contributed by atoms with Crippen LogP contribution in [0.1, 0.15) is 30.1 Å². The topological polar surface area (TPSA) is 46.5 Å². The molecule has 1 saturated carbocycles. The van der Waals surface area contributed by atoms with Crippen LogP contribution < -0.4 is 4.74 Å². The summed E-state index contributed by atoms with van der Waals surface area (Å²) in [6.07, 6.45) is 2.37. The third-order valence-corrected chi connectivity index (χ3v) is 2.53. The first-order chi connectivity index (χ1) is 7.18. The summed E-state index contributed by atoms with van der Waals surface area (Å²) in [5.74, 6) is 0.890. The number of para-hydroxylation sites is 1. The van der Waals surface area contributed by atoms with Crippen LogP contribution in [0, 0.1) is 5.92 Å². The Balaban J connectivity index is 2.20. The van der Waals surface area contributed by atoms with Gasteiger partial charge in [-0.1, -0.05) is 6.07 Å². The van der Waals surface area contributed by atoms with Crippen molar-refractivity contribution in [1.82, 2.24) is 0 Å². The molecule has 1 aromatic carbocycles. The Morgan fingerprint density at radius 1 is 1.53 bits per heavy atom. The van der Waals surface area contributed by atoms with E-state index in [1.54, 1.807) is 12.1 Å². The van der Waals surface area contributed by atoms with Crippen LogP contribution in [0.4, 0.5) is 0 Å². The molecule has 1 aliphatic carbocycles. The summed E-state index contributed by atoms with van der Waals surface area (Å²) in [6.45, 7) is 2.07. The Kier molecular flexibility index (Phi) is 2.62. The summed E-state index contributed by atoms with van der Waals surface area (Å²) in [5, 5.41) is 9.60. The van der Waals surface area contributed by atoms with Crippen molar-refractivity contribution in [2.75, 3.05) is 6.61 Å². The van der Waals surface area contributed by atoms with E-state index in [0.29, 0.717) is 23.8 Å². The smallest absolute Gasteiger partial charge is 0.171 e. The van der Waals surface area contributed by atoms with E-state index >= 15 is 0 Å². The van der Waals surface area contributed by atoms with Gasteiger partial charge in [0.1, 0.15) is 0 Å². The van der Waals surface area contributed by atoms with Gasteiger partial charge in [-0.2, -0.15) is 0 Å². The molecule has 80 valence electrons. The number of benzene rings is 1. The lowest BCUT2D eigenvalue weighted by Gasteiger charge is -2.10. The summed E-state index contributed by atoms with van der Waals surface area (Å²) in [7, 11) is 0. The average Bonchev–Trinajstić information content (AvgIpc) is 2.99. The highest BCUT2D eigenvalue weighted by molar-refractivity contribution is 5.97. The second-order valence-corrected chi connectivity index (χ2v) is 3.96. The van der Waals surface area contributed by atoms with Crippen molar-refractivity contribution in [2.45, 2.75) is 19.8 Å². The molecule has 0 aliphatic heterocycles. The number of phenols is 1. The third-order valence-electron chi connectivity index (χ3n) is 2.53. The maximum Gasteiger partial charge on any atom is 0.171 e. The minimum atomic E-state index is -0.0864. The molecule has 1 fully saturated rings.